The van der Waals surface area contributed by atoms with Gasteiger partial charge in [0.05, 0.1) is 13.7 Å². The highest BCUT2D eigenvalue weighted by Crippen LogP contribution is 2.31. The molecule has 0 aliphatic heterocycles. The number of nitrogens with two attached hydrogens (primary N) is 1. The Labute approximate surface area is 118 Å². The minimum absolute atomic E-state index is 0.188. The van der Waals surface area contributed by atoms with Crippen LogP contribution >= 0.6 is 0 Å². The number of nitrogens with zero attached hydrogens (tertiary/aromatic N) is 1. The van der Waals surface area contributed by atoms with Gasteiger partial charge in [-0.3, -0.25) is 4.79 Å². The van der Waals surface area contributed by atoms with E-state index in [-0.39, 0.29) is 12.5 Å². The summed E-state index contributed by atoms with van der Waals surface area (Å²) in [4.78, 5) is 12.9. The average Bonchev–Trinajstić information content (AvgIpc) is 2.46. The fraction of sp³-hybridized carbons (Fsp3) is 0.188. The van der Waals surface area contributed by atoms with Crippen molar-refractivity contribution >= 4 is 11.6 Å². The molecule has 0 unspecified atom stereocenters. The van der Waals surface area contributed by atoms with E-state index in [2.05, 4.69) is 0 Å². The van der Waals surface area contributed by atoms with Crippen LogP contribution in [-0.2, 0) is 4.79 Å². The highest BCUT2D eigenvalue weighted by Gasteiger charge is 2.10. The van der Waals surface area contributed by atoms with Gasteiger partial charge < -0.3 is 15.4 Å². The van der Waals surface area contributed by atoms with Crippen LogP contribution in [0.3, 0.4) is 0 Å². The standard InChI is InChI=1S/C16H18N2O2/c1-18(11-16(17)19)15-6-4-3-5-14(15)12-7-9-13(20-2)10-8-12/h3-10H,11H2,1-2H3,(H2,17,19). The van der Waals surface area contributed by atoms with Crippen molar-refractivity contribution in [2.75, 3.05) is 25.6 Å². The number of carbonyl (C=O) groups is 1. The normalized spacial score (nSPS) is 10.1. The lowest BCUT2D eigenvalue weighted by atomic mass is 10.0. The first-order valence-corrected chi connectivity index (χ1v) is 6.34. The Kier molecular flexibility index (Phi) is 4.25. The van der Waals surface area contributed by atoms with Crippen LogP contribution in [0.5, 0.6) is 5.75 Å². The summed E-state index contributed by atoms with van der Waals surface area (Å²) in [5.74, 6) is 0.466. The van der Waals surface area contributed by atoms with Crippen molar-refractivity contribution in [3.8, 4) is 16.9 Å². The van der Waals surface area contributed by atoms with Gasteiger partial charge in [-0.2, -0.15) is 0 Å². The Morgan fingerprint density at radius 2 is 1.80 bits per heavy atom. The minimum atomic E-state index is -0.350. The zero-order valence-electron chi connectivity index (χ0n) is 11.7. The molecule has 2 N–H and O–H groups in total. The summed E-state index contributed by atoms with van der Waals surface area (Å²) in [6.45, 7) is 0.188. The summed E-state index contributed by atoms with van der Waals surface area (Å²) in [7, 11) is 3.50. The van der Waals surface area contributed by atoms with E-state index in [4.69, 9.17) is 10.5 Å². The number of hydrogen-bond acceptors (Lipinski definition) is 3. The van der Waals surface area contributed by atoms with Gasteiger partial charge in [-0.05, 0) is 23.8 Å². The van der Waals surface area contributed by atoms with Gasteiger partial charge in [0, 0.05) is 18.3 Å². The van der Waals surface area contributed by atoms with E-state index in [0.717, 1.165) is 22.6 Å². The number of methoxy groups -OCH3 is 1. The van der Waals surface area contributed by atoms with Crippen LogP contribution in [0, 0.1) is 0 Å². The molecule has 0 aromatic heterocycles. The van der Waals surface area contributed by atoms with E-state index >= 15 is 0 Å². The van der Waals surface area contributed by atoms with Crippen LogP contribution in [0.4, 0.5) is 5.69 Å². The molecule has 20 heavy (non-hydrogen) atoms. The number of benzene rings is 2. The maximum Gasteiger partial charge on any atom is 0.236 e. The molecule has 4 heteroatoms. The van der Waals surface area contributed by atoms with Gasteiger partial charge in [-0.1, -0.05) is 30.3 Å². The van der Waals surface area contributed by atoms with E-state index in [1.165, 1.54) is 0 Å². The third-order valence-electron chi connectivity index (χ3n) is 3.11. The first-order chi connectivity index (χ1) is 9.61. The highest BCUT2D eigenvalue weighted by molar-refractivity contribution is 5.84. The topological polar surface area (TPSA) is 55.6 Å². The zero-order chi connectivity index (χ0) is 14.5. The van der Waals surface area contributed by atoms with E-state index in [1.807, 2.05) is 60.5 Å². The summed E-state index contributed by atoms with van der Waals surface area (Å²) in [6, 6.07) is 15.7. The third kappa shape index (κ3) is 3.09. The molecule has 0 spiro atoms. The summed E-state index contributed by atoms with van der Waals surface area (Å²) in [6.07, 6.45) is 0. The van der Waals surface area contributed by atoms with Gasteiger partial charge in [0.1, 0.15) is 5.75 Å². The molecule has 104 valence electrons. The van der Waals surface area contributed by atoms with Gasteiger partial charge in [0.2, 0.25) is 5.91 Å². The summed E-state index contributed by atoms with van der Waals surface area (Å²) in [5.41, 5.74) is 8.35. The van der Waals surface area contributed by atoms with Crippen LogP contribution in [0.25, 0.3) is 11.1 Å². The van der Waals surface area contributed by atoms with E-state index in [0.29, 0.717) is 0 Å². The zero-order valence-corrected chi connectivity index (χ0v) is 11.7. The van der Waals surface area contributed by atoms with Crippen molar-refractivity contribution in [3.05, 3.63) is 48.5 Å². The van der Waals surface area contributed by atoms with Crippen LogP contribution < -0.4 is 15.4 Å². The highest BCUT2D eigenvalue weighted by atomic mass is 16.5. The second-order valence-corrected chi connectivity index (χ2v) is 4.57. The SMILES string of the molecule is COc1ccc(-c2ccccc2N(C)CC(N)=O)cc1. The summed E-state index contributed by atoms with van der Waals surface area (Å²) in [5, 5.41) is 0. The number of ether oxygens (including phenoxy) is 1. The molecule has 0 saturated carbocycles. The quantitative estimate of drug-likeness (QED) is 0.907. The molecule has 0 aliphatic rings. The molecule has 2 rings (SSSR count). The van der Waals surface area contributed by atoms with Crippen molar-refractivity contribution in [3.63, 3.8) is 0 Å². The lowest BCUT2D eigenvalue weighted by molar-refractivity contribution is -0.116. The maximum absolute atomic E-state index is 11.1. The fourth-order valence-electron chi connectivity index (χ4n) is 2.14. The molecule has 0 bridgehead atoms. The molecule has 2 aromatic carbocycles. The van der Waals surface area contributed by atoms with Crippen molar-refractivity contribution in [1.82, 2.24) is 0 Å². The maximum atomic E-state index is 11.1. The molecule has 0 aliphatic carbocycles. The first-order valence-electron chi connectivity index (χ1n) is 6.34. The molecule has 2 aromatic rings. The van der Waals surface area contributed by atoms with Gasteiger partial charge >= 0.3 is 0 Å². The van der Waals surface area contributed by atoms with Crippen LogP contribution in [0.15, 0.2) is 48.5 Å². The number of anilines is 1. The Bertz CT molecular complexity index is 594. The molecule has 1 amide bonds. The summed E-state index contributed by atoms with van der Waals surface area (Å²) < 4.78 is 5.16. The number of amides is 1. The van der Waals surface area contributed by atoms with Crippen molar-refractivity contribution < 1.29 is 9.53 Å². The van der Waals surface area contributed by atoms with E-state index < -0.39 is 0 Å². The lowest BCUT2D eigenvalue weighted by Crippen LogP contribution is -2.30. The monoisotopic (exact) mass is 270 g/mol. The van der Waals surface area contributed by atoms with Gasteiger partial charge in [-0.15, -0.1) is 0 Å². The van der Waals surface area contributed by atoms with Crippen LogP contribution in [0.2, 0.25) is 0 Å². The number of rotatable bonds is 5. The molecule has 0 saturated heterocycles. The van der Waals surface area contributed by atoms with Gasteiger partial charge in [0.15, 0.2) is 0 Å². The van der Waals surface area contributed by atoms with Crippen LogP contribution in [0.1, 0.15) is 0 Å². The molecule has 0 fully saturated rings. The first kappa shape index (κ1) is 13.9. The average molecular weight is 270 g/mol. The third-order valence-corrected chi connectivity index (χ3v) is 3.11. The van der Waals surface area contributed by atoms with Crippen molar-refractivity contribution in [1.29, 1.82) is 0 Å². The number of likely N-dealkylation sites (N-methyl/N-ethyl adjacent to an activating group) is 1. The number of hydrogen-bond donors (Lipinski definition) is 1. The largest absolute Gasteiger partial charge is 0.497 e. The Hall–Kier alpha value is -2.49. The Morgan fingerprint density at radius 3 is 2.40 bits per heavy atom. The number of primary amides is 1. The fourth-order valence-corrected chi connectivity index (χ4v) is 2.14. The molecule has 0 heterocycles. The second-order valence-electron chi connectivity index (χ2n) is 4.57. The Balaban J connectivity index is 2.38. The van der Waals surface area contributed by atoms with Crippen molar-refractivity contribution in [2.24, 2.45) is 5.73 Å². The molecule has 0 radical (unpaired) electrons. The van der Waals surface area contributed by atoms with Gasteiger partial charge in [-0.25, -0.2) is 0 Å². The van der Waals surface area contributed by atoms with Crippen LogP contribution in [-0.4, -0.2) is 26.6 Å². The molecule has 4 nitrogen and oxygen atoms in total. The number of carbonyl (C=O) groups excluding carboxylic acids is 1. The predicted octanol–water partition coefficient (Wildman–Crippen LogP) is 2.28. The molecule has 0 atom stereocenters. The molecular formula is C16H18N2O2. The molecular weight excluding hydrogens is 252 g/mol. The smallest absolute Gasteiger partial charge is 0.236 e. The second kappa shape index (κ2) is 6.10. The Morgan fingerprint density at radius 1 is 1.15 bits per heavy atom. The predicted molar refractivity (Wildman–Crippen MR) is 80.9 cm³/mol. The van der Waals surface area contributed by atoms with E-state index in [9.17, 15) is 4.79 Å². The number of para-hydroxylation sites is 1. The summed E-state index contributed by atoms with van der Waals surface area (Å²) >= 11 is 0. The minimum Gasteiger partial charge on any atom is -0.497 e. The van der Waals surface area contributed by atoms with Gasteiger partial charge in [0.25, 0.3) is 0 Å². The van der Waals surface area contributed by atoms with E-state index in [1.54, 1.807) is 7.11 Å². The van der Waals surface area contributed by atoms with Crippen molar-refractivity contribution in [2.45, 2.75) is 0 Å². The lowest BCUT2D eigenvalue weighted by Gasteiger charge is -2.21.